The molecule has 0 heterocycles. The summed E-state index contributed by atoms with van der Waals surface area (Å²) < 4.78 is 0. The van der Waals surface area contributed by atoms with E-state index < -0.39 is 0 Å². The summed E-state index contributed by atoms with van der Waals surface area (Å²) in [7, 11) is 0. The van der Waals surface area contributed by atoms with E-state index in [0.717, 1.165) is 5.56 Å². The minimum absolute atomic E-state index is 0.115. The second-order valence-electron chi connectivity index (χ2n) is 4.33. The number of carbonyl (C=O) groups is 1. The van der Waals surface area contributed by atoms with E-state index in [1.54, 1.807) is 38.1 Å². The minimum atomic E-state index is -0.115. The Hall–Kier alpha value is -2.29. The molecular formula is C15H14O3. The van der Waals surface area contributed by atoms with Crippen molar-refractivity contribution >= 4 is 5.78 Å². The summed E-state index contributed by atoms with van der Waals surface area (Å²) in [6, 6.07) is 9.42. The molecule has 2 aromatic rings. The standard InChI is InChI=1S/C15H14O3/c1-9-8-12(16)4-5-13(9)15(18)11-3-6-14(17)10(2)7-11/h3-8,16-17H,1-2H3. The Labute approximate surface area is 105 Å². The van der Waals surface area contributed by atoms with Crippen LogP contribution < -0.4 is 0 Å². The average molecular weight is 242 g/mol. The van der Waals surface area contributed by atoms with E-state index in [-0.39, 0.29) is 17.3 Å². The van der Waals surface area contributed by atoms with Crippen molar-refractivity contribution < 1.29 is 15.0 Å². The summed E-state index contributed by atoms with van der Waals surface area (Å²) in [6.07, 6.45) is 0. The molecule has 2 rings (SSSR count). The zero-order chi connectivity index (χ0) is 13.3. The van der Waals surface area contributed by atoms with Crippen LogP contribution in [0.25, 0.3) is 0 Å². The zero-order valence-corrected chi connectivity index (χ0v) is 10.3. The largest absolute Gasteiger partial charge is 0.508 e. The highest BCUT2D eigenvalue weighted by atomic mass is 16.3. The van der Waals surface area contributed by atoms with E-state index >= 15 is 0 Å². The smallest absolute Gasteiger partial charge is 0.193 e. The molecule has 0 saturated carbocycles. The molecule has 2 aromatic carbocycles. The average Bonchev–Trinajstić information content (AvgIpc) is 2.32. The summed E-state index contributed by atoms with van der Waals surface area (Å²) in [5.41, 5.74) is 2.47. The second kappa shape index (κ2) is 4.53. The lowest BCUT2D eigenvalue weighted by molar-refractivity contribution is 0.103. The Balaban J connectivity index is 2.44. The number of hydrogen-bond donors (Lipinski definition) is 2. The van der Waals surface area contributed by atoms with Crippen LogP contribution in [0.3, 0.4) is 0 Å². The van der Waals surface area contributed by atoms with Crippen LogP contribution in [-0.4, -0.2) is 16.0 Å². The first-order valence-electron chi connectivity index (χ1n) is 5.63. The van der Waals surface area contributed by atoms with Crippen molar-refractivity contribution in [2.24, 2.45) is 0 Å². The van der Waals surface area contributed by atoms with E-state index in [2.05, 4.69) is 0 Å². The molecule has 0 unspecified atom stereocenters. The number of carbonyl (C=O) groups excluding carboxylic acids is 1. The summed E-state index contributed by atoms with van der Waals surface area (Å²) in [5, 5.41) is 18.8. The fraction of sp³-hybridized carbons (Fsp3) is 0.133. The van der Waals surface area contributed by atoms with Crippen LogP contribution in [0, 0.1) is 13.8 Å². The van der Waals surface area contributed by atoms with Crippen molar-refractivity contribution in [3.63, 3.8) is 0 Å². The predicted octanol–water partition coefficient (Wildman–Crippen LogP) is 2.95. The molecule has 0 aliphatic heterocycles. The second-order valence-corrected chi connectivity index (χ2v) is 4.33. The van der Waals surface area contributed by atoms with Crippen molar-refractivity contribution in [1.82, 2.24) is 0 Å². The number of benzene rings is 2. The van der Waals surface area contributed by atoms with Gasteiger partial charge in [0.05, 0.1) is 0 Å². The predicted molar refractivity (Wildman–Crippen MR) is 69.1 cm³/mol. The third-order valence-corrected chi connectivity index (χ3v) is 2.91. The van der Waals surface area contributed by atoms with Crippen LogP contribution in [0.2, 0.25) is 0 Å². The van der Waals surface area contributed by atoms with Crippen molar-refractivity contribution in [3.8, 4) is 11.5 Å². The number of ketones is 1. The number of hydrogen-bond acceptors (Lipinski definition) is 3. The first kappa shape index (κ1) is 12.2. The molecule has 0 saturated heterocycles. The SMILES string of the molecule is Cc1cc(C(=O)c2ccc(O)cc2C)ccc1O. The van der Waals surface area contributed by atoms with Crippen LogP contribution in [0.5, 0.6) is 11.5 Å². The molecule has 18 heavy (non-hydrogen) atoms. The van der Waals surface area contributed by atoms with Gasteiger partial charge in [0.25, 0.3) is 0 Å². The summed E-state index contributed by atoms with van der Waals surface area (Å²) in [5.74, 6) is 0.204. The number of aromatic hydroxyl groups is 2. The van der Waals surface area contributed by atoms with Crippen molar-refractivity contribution in [3.05, 3.63) is 58.7 Å². The van der Waals surface area contributed by atoms with Gasteiger partial charge in [0.15, 0.2) is 5.78 Å². The molecule has 0 atom stereocenters. The highest BCUT2D eigenvalue weighted by Crippen LogP contribution is 2.22. The Morgan fingerprint density at radius 1 is 0.944 bits per heavy atom. The van der Waals surface area contributed by atoms with Gasteiger partial charge >= 0.3 is 0 Å². The monoisotopic (exact) mass is 242 g/mol. The van der Waals surface area contributed by atoms with E-state index in [4.69, 9.17) is 0 Å². The highest BCUT2D eigenvalue weighted by molar-refractivity contribution is 6.10. The van der Waals surface area contributed by atoms with Crippen molar-refractivity contribution in [2.45, 2.75) is 13.8 Å². The van der Waals surface area contributed by atoms with Gasteiger partial charge in [-0.25, -0.2) is 0 Å². The van der Waals surface area contributed by atoms with Gasteiger partial charge in [-0.15, -0.1) is 0 Å². The van der Waals surface area contributed by atoms with E-state index in [0.29, 0.717) is 16.7 Å². The first-order valence-corrected chi connectivity index (χ1v) is 5.63. The molecule has 0 spiro atoms. The first-order chi connectivity index (χ1) is 8.49. The van der Waals surface area contributed by atoms with Gasteiger partial charge in [-0.1, -0.05) is 0 Å². The molecule has 0 bridgehead atoms. The minimum Gasteiger partial charge on any atom is -0.508 e. The molecule has 0 fully saturated rings. The maximum absolute atomic E-state index is 12.3. The van der Waals surface area contributed by atoms with Gasteiger partial charge in [0, 0.05) is 11.1 Å². The summed E-state index contributed by atoms with van der Waals surface area (Å²) >= 11 is 0. The zero-order valence-electron chi connectivity index (χ0n) is 10.3. The van der Waals surface area contributed by atoms with Gasteiger partial charge in [-0.05, 0) is 61.4 Å². The molecule has 0 aromatic heterocycles. The van der Waals surface area contributed by atoms with Gasteiger partial charge < -0.3 is 10.2 Å². The maximum Gasteiger partial charge on any atom is 0.193 e. The quantitative estimate of drug-likeness (QED) is 0.796. The highest BCUT2D eigenvalue weighted by Gasteiger charge is 2.13. The number of rotatable bonds is 2. The van der Waals surface area contributed by atoms with E-state index in [9.17, 15) is 15.0 Å². The molecular weight excluding hydrogens is 228 g/mol. The fourth-order valence-electron chi connectivity index (χ4n) is 1.85. The van der Waals surface area contributed by atoms with Crippen LogP contribution in [0.15, 0.2) is 36.4 Å². The van der Waals surface area contributed by atoms with Gasteiger partial charge in [0.2, 0.25) is 0 Å². The van der Waals surface area contributed by atoms with Crippen LogP contribution in [0.4, 0.5) is 0 Å². The van der Waals surface area contributed by atoms with Gasteiger partial charge in [-0.3, -0.25) is 4.79 Å². The molecule has 0 amide bonds. The molecule has 0 aliphatic rings. The van der Waals surface area contributed by atoms with Crippen LogP contribution >= 0.6 is 0 Å². The van der Waals surface area contributed by atoms with Crippen LogP contribution in [0.1, 0.15) is 27.0 Å². The molecule has 3 heteroatoms. The third-order valence-electron chi connectivity index (χ3n) is 2.91. The molecule has 92 valence electrons. The van der Waals surface area contributed by atoms with Gasteiger partial charge in [-0.2, -0.15) is 0 Å². The molecule has 3 nitrogen and oxygen atoms in total. The number of phenolic OH excluding ortho intramolecular Hbond substituents is 2. The molecule has 0 radical (unpaired) electrons. The molecule has 0 aliphatic carbocycles. The lowest BCUT2D eigenvalue weighted by Gasteiger charge is -2.07. The Morgan fingerprint density at radius 2 is 1.67 bits per heavy atom. The lowest BCUT2D eigenvalue weighted by Crippen LogP contribution is -2.03. The lowest BCUT2D eigenvalue weighted by atomic mass is 9.97. The van der Waals surface area contributed by atoms with E-state index in [1.165, 1.54) is 12.1 Å². The van der Waals surface area contributed by atoms with Crippen LogP contribution in [-0.2, 0) is 0 Å². The van der Waals surface area contributed by atoms with E-state index in [1.807, 2.05) is 0 Å². The van der Waals surface area contributed by atoms with Crippen molar-refractivity contribution in [1.29, 1.82) is 0 Å². The maximum atomic E-state index is 12.3. The summed E-state index contributed by atoms with van der Waals surface area (Å²) in [6.45, 7) is 3.52. The topological polar surface area (TPSA) is 57.5 Å². The Bertz CT molecular complexity index is 615. The Kier molecular flexibility index (Phi) is 3.06. The van der Waals surface area contributed by atoms with Gasteiger partial charge in [0.1, 0.15) is 11.5 Å². The molecule has 2 N–H and O–H groups in total. The third kappa shape index (κ3) is 2.20. The van der Waals surface area contributed by atoms with Crippen molar-refractivity contribution in [2.75, 3.05) is 0 Å². The number of aryl methyl sites for hydroxylation is 2. The fourth-order valence-corrected chi connectivity index (χ4v) is 1.85. The normalized spacial score (nSPS) is 10.3. The number of phenols is 2. The Morgan fingerprint density at radius 3 is 2.28 bits per heavy atom. The summed E-state index contributed by atoms with van der Waals surface area (Å²) in [4.78, 5) is 12.3.